The van der Waals surface area contributed by atoms with Gasteiger partial charge in [-0.25, -0.2) is 0 Å². The molecule has 2 aliphatic heterocycles. The van der Waals surface area contributed by atoms with Crippen LogP contribution in [0.2, 0.25) is 0 Å². The van der Waals surface area contributed by atoms with Crippen molar-refractivity contribution < 1.29 is 23.9 Å². The maximum atomic E-state index is 12.7. The van der Waals surface area contributed by atoms with E-state index >= 15 is 0 Å². The van der Waals surface area contributed by atoms with Crippen molar-refractivity contribution in [3.8, 4) is 0 Å². The van der Waals surface area contributed by atoms with E-state index in [2.05, 4.69) is 5.32 Å². The van der Waals surface area contributed by atoms with Gasteiger partial charge in [0.25, 0.3) is 11.1 Å². The summed E-state index contributed by atoms with van der Waals surface area (Å²) in [6.45, 7) is 3.69. The molecule has 144 valence electrons. The average Bonchev–Trinajstić information content (AvgIpc) is 3.03. The van der Waals surface area contributed by atoms with E-state index in [0.717, 1.165) is 5.75 Å². The molecule has 0 spiro atoms. The lowest BCUT2D eigenvalue weighted by atomic mass is 9.96. The second kappa shape index (κ2) is 7.59. The molecule has 9 heteroatoms. The predicted molar refractivity (Wildman–Crippen MR) is 102 cm³/mol. The van der Waals surface area contributed by atoms with Gasteiger partial charge in [-0.3, -0.25) is 24.1 Å². The van der Waals surface area contributed by atoms with Crippen LogP contribution in [0.5, 0.6) is 0 Å². The SMILES string of the molecule is CC1(C)C(=O)Nc2ccccc2N1C(=O)COC(=O)CCN1CCSC1=O. The Bertz CT molecular complexity index is 795. The second-order valence-corrected chi connectivity index (χ2v) is 7.82. The third-order valence-corrected chi connectivity index (χ3v) is 5.44. The summed E-state index contributed by atoms with van der Waals surface area (Å²) < 4.78 is 5.09. The minimum Gasteiger partial charge on any atom is -0.455 e. The Kier molecular flexibility index (Phi) is 5.41. The Hall–Kier alpha value is -2.55. The van der Waals surface area contributed by atoms with Crippen LogP contribution in [-0.2, 0) is 19.1 Å². The Labute approximate surface area is 161 Å². The molecule has 27 heavy (non-hydrogen) atoms. The van der Waals surface area contributed by atoms with Crippen LogP contribution in [0, 0.1) is 0 Å². The Morgan fingerprint density at radius 2 is 2.00 bits per heavy atom. The van der Waals surface area contributed by atoms with Gasteiger partial charge in [0.2, 0.25) is 5.91 Å². The number of hydrogen-bond donors (Lipinski definition) is 1. The van der Waals surface area contributed by atoms with Crippen molar-refractivity contribution in [1.82, 2.24) is 4.90 Å². The monoisotopic (exact) mass is 391 g/mol. The third-order valence-electron chi connectivity index (χ3n) is 4.54. The summed E-state index contributed by atoms with van der Waals surface area (Å²) in [6.07, 6.45) is 0.0278. The fourth-order valence-corrected chi connectivity index (χ4v) is 3.88. The number of para-hydroxylation sites is 2. The Morgan fingerprint density at radius 3 is 2.70 bits per heavy atom. The first-order valence-corrected chi connectivity index (χ1v) is 9.60. The highest BCUT2D eigenvalue weighted by atomic mass is 32.2. The van der Waals surface area contributed by atoms with E-state index in [4.69, 9.17) is 4.74 Å². The number of benzene rings is 1. The van der Waals surface area contributed by atoms with Crippen molar-refractivity contribution in [3.05, 3.63) is 24.3 Å². The summed E-state index contributed by atoms with van der Waals surface area (Å²) in [5.41, 5.74) is -0.0220. The van der Waals surface area contributed by atoms with Crippen LogP contribution in [0.15, 0.2) is 24.3 Å². The number of esters is 1. The average molecular weight is 391 g/mol. The van der Waals surface area contributed by atoms with Crippen molar-refractivity contribution in [1.29, 1.82) is 0 Å². The molecule has 3 rings (SSSR count). The van der Waals surface area contributed by atoms with Crippen molar-refractivity contribution in [2.45, 2.75) is 25.8 Å². The molecule has 1 saturated heterocycles. The standard InChI is InChI=1S/C18H21N3O5S/c1-18(2)16(24)19-12-5-3-4-6-13(12)21(18)14(22)11-26-15(23)7-8-20-9-10-27-17(20)25/h3-6H,7-11H2,1-2H3,(H,19,24). The highest BCUT2D eigenvalue weighted by Gasteiger charge is 2.43. The van der Waals surface area contributed by atoms with Crippen LogP contribution in [-0.4, -0.2) is 58.9 Å². The molecular weight excluding hydrogens is 370 g/mol. The summed E-state index contributed by atoms with van der Waals surface area (Å²) in [5, 5.41) is 2.73. The van der Waals surface area contributed by atoms with E-state index in [-0.39, 0.29) is 24.1 Å². The number of nitrogens with zero attached hydrogens (tertiary/aromatic N) is 2. The number of thioether (sulfide) groups is 1. The summed E-state index contributed by atoms with van der Waals surface area (Å²) in [6, 6.07) is 6.97. The number of nitrogens with one attached hydrogen (secondary N) is 1. The number of carbonyl (C=O) groups is 4. The normalized spacial score (nSPS) is 18.1. The second-order valence-electron chi connectivity index (χ2n) is 6.77. The molecule has 0 aliphatic carbocycles. The zero-order valence-electron chi connectivity index (χ0n) is 15.2. The fourth-order valence-electron chi connectivity index (χ4n) is 3.03. The summed E-state index contributed by atoms with van der Waals surface area (Å²) >= 11 is 1.22. The Morgan fingerprint density at radius 1 is 1.26 bits per heavy atom. The van der Waals surface area contributed by atoms with Crippen LogP contribution < -0.4 is 10.2 Å². The van der Waals surface area contributed by atoms with Gasteiger partial charge in [-0.05, 0) is 26.0 Å². The van der Waals surface area contributed by atoms with Gasteiger partial charge in [-0.2, -0.15) is 0 Å². The van der Waals surface area contributed by atoms with Gasteiger partial charge >= 0.3 is 5.97 Å². The van der Waals surface area contributed by atoms with E-state index in [0.29, 0.717) is 17.9 Å². The topological polar surface area (TPSA) is 96.0 Å². The quantitative estimate of drug-likeness (QED) is 0.770. The first kappa shape index (κ1) is 19.2. The van der Waals surface area contributed by atoms with Gasteiger partial charge in [0, 0.05) is 18.8 Å². The third kappa shape index (κ3) is 3.92. The lowest BCUT2D eigenvalue weighted by Gasteiger charge is -2.41. The molecule has 1 aromatic carbocycles. The van der Waals surface area contributed by atoms with E-state index in [1.807, 2.05) is 0 Å². The minimum absolute atomic E-state index is 0.0278. The van der Waals surface area contributed by atoms with Gasteiger partial charge in [0.15, 0.2) is 6.61 Å². The largest absolute Gasteiger partial charge is 0.455 e. The Balaban J connectivity index is 1.62. The summed E-state index contributed by atoms with van der Waals surface area (Å²) in [5.74, 6) is -0.632. The molecule has 1 aromatic rings. The molecule has 0 bridgehead atoms. The molecule has 0 unspecified atom stereocenters. The maximum absolute atomic E-state index is 12.7. The van der Waals surface area contributed by atoms with Gasteiger partial charge in [0.1, 0.15) is 5.54 Å². The molecule has 0 saturated carbocycles. The number of hydrogen-bond acceptors (Lipinski definition) is 6. The van der Waals surface area contributed by atoms with Gasteiger partial charge in [-0.1, -0.05) is 23.9 Å². The number of anilines is 2. The number of rotatable bonds is 5. The lowest BCUT2D eigenvalue weighted by Crippen LogP contribution is -2.59. The number of carbonyl (C=O) groups excluding carboxylic acids is 4. The first-order valence-electron chi connectivity index (χ1n) is 8.61. The van der Waals surface area contributed by atoms with Crippen molar-refractivity contribution in [2.75, 3.05) is 35.7 Å². The molecule has 0 aromatic heterocycles. The summed E-state index contributed by atoms with van der Waals surface area (Å²) in [4.78, 5) is 51.5. The highest BCUT2D eigenvalue weighted by Crippen LogP contribution is 2.36. The van der Waals surface area contributed by atoms with Gasteiger partial charge in [0.05, 0.1) is 17.8 Å². The number of fused-ring (bicyclic) bond motifs is 1. The van der Waals surface area contributed by atoms with E-state index in [1.54, 1.807) is 43.0 Å². The molecule has 2 heterocycles. The smallest absolute Gasteiger partial charge is 0.308 e. The molecular formula is C18H21N3O5S. The van der Waals surface area contributed by atoms with E-state index in [9.17, 15) is 19.2 Å². The number of ether oxygens (including phenoxy) is 1. The van der Waals surface area contributed by atoms with Crippen molar-refractivity contribution in [2.24, 2.45) is 0 Å². The molecule has 8 nitrogen and oxygen atoms in total. The van der Waals surface area contributed by atoms with Crippen molar-refractivity contribution in [3.63, 3.8) is 0 Å². The van der Waals surface area contributed by atoms with Crippen LogP contribution >= 0.6 is 11.8 Å². The van der Waals surface area contributed by atoms with Gasteiger partial charge in [-0.15, -0.1) is 0 Å². The molecule has 0 atom stereocenters. The molecule has 1 fully saturated rings. The zero-order valence-corrected chi connectivity index (χ0v) is 16.0. The predicted octanol–water partition coefficient (Wildman–Crippen LogP) is 1.85. The highest BCUT2D eigenvalue weighted by molar-refractivity contribution is 8.13. The zero-order chi connectivity index (χ0) is 19.6. The van der Waals surface area contributed by atoms with E-state index < -0.39 is 24.0 Å². The van der Waals surface area contributed by atoms with Crippen molar-refractivity contribution >= 4 is 46.2 Å². The molecule has 1 N–H and O–H groups in total. The van der Waals surface area contributed by atoms with Crippen LogP contribution in [0.25, 0.3) is 0 Å². The van der Waals surface area contributed by atoms with Crippen LogP contribution in [0.3, 0.4) is 0 Å². The number of amides is 3. The molecule has 2 aliphatic rings. The van der Waals surface area contributed by atoms with Crippen LogP contribution in [0.1, 0.15) is 20.3 Å². The lowest BCUT2D eigenvalue weighted by molar-refractivity contribution is -0.148. The summed E-state index contributed by atoms with van der Waals surface area (Å²) in [7, 11) is 0. The van der Waals surface area contributed by atoms with Gasteiger partial charge < -0.3 is 15.0 Å². The van der Waals surface area contributed by atoms with E-state index in [1.165, 1.54) is 16.7 Å². The molecule has 3 amide bonds. The molecule has 0 radical (unpaired) electrons. The maximum Gasteiger partial charge on any atom is 0.308 e. The first-order chi connectivity index (χ1) is 12.8. The fraction of sp³-hybridized carbons (Fsp3) is 0.444. The minimum atomic E-state index is -1.11. The van der Waals surface area contributed by atoms with Crippen LogP contribution in [0.4, 0.5) is 16.2 Å².